The van der Waals surface area contributed by atoms with Gasteiger partial charge in [-0.3, -0.25) is 0 Å². The summed E-state index contributed by atoms with van der Waals surface area (Å²) >= 11 is 1.84. The molecule has 8 aromatic carbocycles. The summed E-state index contributed by atoms with van der Waals surface area (Å²) in [5.41, 5.74) is 11.4. The lowest BCUT2D eigenvalue weighted by atomic mass is 9.98. The van der Waals surface area contributed by atoms with Gasteiger partial charge in [0, 0.05) is 64.3 Å². The van der Waals surface area contributed by atoms with Crippen LogP contribution in [0.15, 0.2) is 192 Å². The Morgan fingerprint density at radius 1 is 0.304 bits per heavy atom. The first kappa shape index (κ1) is 32.2. The summed E-state index contributed by atoms with van der Waals surface area (Å²) in [6.07, 6.45) is 0. The summed E-state index contributed by atoms with van der Waals surface area (Å²) in [4.78, 5) is 14.9. The molecular weight excluding hydrogens is 703 g/mol. The van der Waals surface area contributed by atoms with Crippen LogP contribution in [0.2, 0.25) is 0 Å². The van der Waals surface area contributed by atoms with E-state index in [1.807, 2.05) is 78.1 Å². The van der Waals surface area contributed by atoms with Crippen LogP contribution in [0.3, 0.4) is 0 Å². The number of nitrogens with zero attached hydrogens (tertiary/aromatic N) is 3. The van der Waals surface area contributed by atoms with E-state index in [1.165, 1.54) is 31.3 Å². The number of furan rings is 1. The number of para-hydroxylation sites is 2. The van der Waals surface area contributed by atoms with E-state index in [0.29, 0.717) is 17.5 Å². The fraction of sp³-hybridized carbons (Fsp3) is 0. The van der Waals surface area contributed by atoms with Crippen LogP contribution < -0.4 is 0 Å². The summed E-state index contributed by atoms with van der Waals surface area (Å²) in [7, 11) is 0. The van der Waals surface area contributed by atoms with E-state index < -0.39 is 0 Å². The molecule has 0 spiro atoms. The van der Waals surface area contributed by atoms with E-state index in [2.05, 4.69) is 121 Å². The Kier molecular flexibility index (Phi) is 7.64. The molecule has 11 aromatic rings. The molecule has 0 bridgehead atoms. The van der Waals surface area contributed by atoms with Gasteiger partial charge in [0.25, 0.3) is 0 Å². The minimum absolute atomic E-state index is 0.639. The molecule has 0 saturated heterocycles. The standard InChI is InChI=1S/C51H31N3OS/c1-4-15-32(16-5-1)37-23-11-25-39-40-26-13-27-41(46(40)55-45(37)39)42-28-14-30-44-43-29-12-24-38(47(43)56-48(42)44)35-21-10-22-36(31-35)51-53-49(33-17-6-2-7-18-33)52-50(54-51)34-19-8-3-9-20-34/h1-31H. The van der Waals surface area contributed by atoms with Gasteiger partial charge >= 0.3 is 0 Å². The molecule has 3 heterocycles. The predicted octanol–water partition coefficient (Wildman–Crippen LogP) is 14.1. The molecule has 0 amide bonds. The molecule has 11 rings (SSSR count). The maximum absolute atomic E-state index is 6.86. The maximum atomic E-state index is 6.86. The number of benzene rings is 8. The number of thiophene rings is 1. The highest BCUT2D eigenvalue weighted by Gasteiger charge is 2.20. The average molecular weight is 734 g/mol. The van der Waals surface area contributed by atoms with E-state index in [-0.39, 0.29) is 0 Å². The number of aromatic nitrogens is 3. The summed E-state index contributed by atoms with van der Waals surface area (Å²) in [6.45, 7) is 0. The van der Waals surface area contributed by atoms with Crippen molar-refractivity contribution in [1.29, 1.82) is 0 Å². The Morgan fingerprint density at radius 2 is 0.714 bits per heavy atom. The van der Waals surface area contributed by atoms with Crippen LogP contribution in [0.5, 0.6) is 0 Å². The van der Waals surface area contributed by atoms with Gasteiger partial charge in [-0.05, 0) is 22.8 Å². The highest BCUT2D eigenvalue weighted by atomic mass is 32.1. The minimum atomic E-state index is 0.639. The van der Waals surface area contributed by atoms with Crippen molar-refractivity contribution in [1.82, 2.24) is 15.0 Å². The zero-order valence-electron chi connectivity index (χ0n) is 30.1. The first-order valence-electron chi connectivity index (χ1n) is 18.7. The number of hydrogen-bond acceptors (Lipinski definition) is 5. The monoisotopic (exact) mass is 733 g/mol. The molecule has 0 radical (unpaired) electrons. The molecule has 0 saturated carbocycles. The van der Waals surface area contributed by atoms with Crippen molar-refractivity contribution in [2.75, 3.05) is 0 Å². The van der Waals surface area contributed by atoms with Gasteiger partial charge in [0.2, 0.25) is 0 Å². The van der Waals surface area contributed by atoms with E-state index in [1.54, 1.807) is 0 Å². The van der Waals surface area contributed by atoms with Crippen LogP contribution in [-0.2, 0) is 0 Å². The Morgan fingerprint density at radius 3 is 1.32 bits per heavy atom. The molecule has 0 atom stereocenters. The topological polar surface area (TPSA) is 51.8 Å². The average Bonchev–Trinajstić information content (AvgIpc) is 3.86. The predicted molar refractivity (Wildman–Crippen MR) is 233 cm³/mol. The molecule has 0 unspecified atom stereocenters. The van der Waals surface area contributed by atoms with Crippen molar-refractivity contribution in [3.63, 3.8) is 0 Å². The van der Waals surface area contributed by atoms with Crippen LogP contribution in [0.25, 0.3) is 110 Å². The Labute approximate surface area is 327 Å². The lowest BCUT2D eigenvalue weighted by molar-refractivity contribution is 0.671. The van der Waals surface area contributed by atoms with Crippen LogP contribution in [-0.4, -0.2) is 15.0 Å². The molecular formula is C51H31N3OS. The normalized spacial score (nSPS) is 11.6. The van der Waals surface area contributed by atoms with Gasteiger partial charge in [-0.1, -0.05) is 182 Å². The lowest BCUT2D eigenvalue weighted by Gasteiger charge is -2.10. The Bertz CT molecular complexity index is 3180. The molecule has 3 aromatic heterocycles. The largest absolute Gasteiger partial charge is 0.455 e. The summed E-state index contributed by atoms with van der Waals surface area (Å²) in [5.74, 6) is 1.93. The molecule has 262 valence electrons. The molecule has 0 aliphatic carbocycles. The zero-order valence-corrected chi connectivity index (χ0v) is 30.9. The third-order valence-corrected chi connectivity index (χ3v) is 11.8. The third kappa shape index (κ3) is 5.40. The summed E-state index contributed by atoms with van der Waals surface area (Å²) in [5, 5.41) is 4.71. The van der Waals surface area contributed by atoms with Gasteiger partial charge < -0.3 is 4.42 Å². The molecule has 0 aliphatic heterocycles. The van der Waals surface area contributed by atoms with E-state index in [4.69, 9.17) is 19.4 Å². The highest BCUT2D eigenvalue weighted by molar-refractivity contribution is 7.26. The van der Waals surface area contributed by atoms with Crippen molar-refractivity contribution < 1.29 is 4.42 Å². The first-order chi connectivity index (χ1) is 27.8. The van der Waals surface area contributed by atoms with Crippen molar-refractivity contribution in [2.24, 2.45) is 0 Å². The van der Waals surface area contributed by atoms with Gasteiger partial charge in [-0.2, -0.15) is 0 Å². The second-order valence-corrected chi connectivity index (χ2v) is 14.9. The van der Waals surface area contributed by atoms with Crippen LogP contribution in [0.4, 0.5) is 0 Å². The van der Waals surface area contributed by atoms with Gasteiger partial charge in [0.05, 0.1) is 0 Å². The minimum Gasteiger partial charge on any atom is -0.455 e. The smallest absolute Gasteiger partial charge is 0.164 e. The quantitative estimate of drug-likeness (QED) is 0.171. The first-order valence-corrected chi connectivity index (χ1v) is 19.5. The molecule has 0 aliphatic rings. The zero-order chi connectivity index (χ0) is 37.0. The summed E-state index contributed by atoms with van der Waals surface area (Å²) in [6, 6.07) is 65.5. The fourth-order valence-corrected chi connectivity index (χ4v) is 9.26. The van der Waals surface area contributed by atoms with E-state index in [9.17, 15) is 0 Å². The van der Waals surface area contributed by atoms with E-state index in [0.717, 1.165) is 60.9 Å². The maximum Gasteiger partial charge on any atom is 0.164 e. The second-order valence-electron chi connectivity index (χ2n) is 13.9. The fourth-order valence-electron chi connectivity index (χ4n) is 7.90. The summed E-state index contributed by atoms with van der Waals surface area (Å²) < 4.78 is 9.33. The molecule has 4 nitrogen and oxygen atoms in total. The third-order valence-electron chi connectivity index (χ3n) is 10.6. The van der Waals surface area contributed by atoms with Crippen molar-refractivity contribution in [3.8, 4) is 67.5 Å². The van der Waals surface area contributed by atoms with Crippen LogP contribution >= 0.6 is 11.3 Å². The van der Waals surface area contributed by atoms with Crippen molar-refractivity contribution in [3.05, 3.63) is 188 Å². The molecule has 0 N–H and O–H groups in total. The SMILES string of the molecule is c1ccc(-c2nc(-c3ccccc3)nc(-c3cccc(-c4cccc5c4sc4c(-c6cccc7c6oc6c(-c8ccccc8)cccc67)cccc45)c3)n2)cc1. The van der Waals surface area contributed by atoms with Gasteiger partial charge in [0.1, 0.15) is 11.2 Å². The van der Waals surface area contributed by atoms with Crippen LogP contribution in [0.1, 0.15) is 0 Å². The lowest BCUT2D eigenvalue weighted by Crippen LogP contribution is -2.00. The number of hydrogen-bond donors (Lipinski definition) is 0. The van der Waals surface area contributed by atoms with E-state index >= 15 is 0 Å². The van der Waals surface area contributed by atoms with Gasteiger partial charge in [0.15, 0.2) is 17.5 Å². The van der Waals surface area contributed by atoms with Crippen molar-refractivity contribution >= 4 is 53.4 Å². The number of fused-ring (bicyclic) bond motifs is 6. The van der Waals surface area contributed by atoms with Crippen LogP contribution in [0, 0.1) is 0 Å². The highest BCUT2D eigenvalue weighted by Crippen LogP contribution is 2.47. The van der Waals surface area contributed by atoms with Gasteiger partial charge in [-0.25, -0.2) is 15.0 Å². The molecule has 5 heteroatoms. The second kappa shape index (κ2) is 13.3. The number of rotatable bonds is 6. The molecule has 0 fully saturated rings. The van der Waals surface area contributed by atoms with Gasteiger partial charge in [-0.15, -0.1) is 11.3 Å². The Hall–Kier alpha value is -7.21. The Balaban J connectivity index is 1.06. The van der Waals surface area contributed by atoms with Crippen molar-refractivity contribution in [2.45, 2.75) is 0 Å². The molecule has 56 heavy (non-hydrogen) atoms.